The third kappa shape index (κ3) is 5.81. The normalized spacial score (nSPS) is 26.6. The van der Waals surface area contributed by atoms with E-state index >= 15 is 0 Å². The van der Waals surface area contributed by atoms with Crippen molar-refractivity contribution in [1.82, 2.24) is 4.90 Å². The summed E-state index contributed by atoms with van der Waals surface area (Å²) in [4.78, 5) is 18.9. The summed E-state index contributed by atoms with van der Waals surface area (Å²) in [6, 6.07) is 0. The number of amides is 1. The fourth-order valence-corrected chi connectivity index (χ4v) is 3.32. The lowest BCUT2D eigenvalue weighted by molar-refractivity contribution is -0.134. The molecule has 0 spiro atoms. The van der Waals surface area contributed by atoms with Crippen LogP contribution in [0.5, 0.6) is 0 Å². The molecular weight excluding hydrogens is 312 g/mol. The second kappa shape index (κ2) is 8.79. The van der Waals surface area contributed by atoms with Crippen molar-refractivity contribution >= 4 is 12.1 Å². The van der Waals surface area contributed by atoms with Gasteiger partial charge in [0, 0.05) is 19.2 Å². The molecule has 0 aromatic rings. The maximum Gasteiger partial charge on any atom is 0.230 e. The summed E-state index contributed by atoms with van der Waals surface area (Å²) in [7, 11) is 1.77. The summed E-state index contributed by atoms with van der Waals surface area (Å²) < 4.78 is 0. The minimum Gasteiger partial charge on any atom is -0.386 e. The van der Waals surface area contributed by atoms with E-state index in [1.165, 1.54) is 12.6 Å². The van der Waals surface area contributed by atoms with Gasteiger partial charge in [-0.3, -0.25) is 4.79 Å². The van der Waals surface area contributed by atoms with Gasteiger partial charge in [0.25, 0.3) is 0 Å². The van der Waals surface area contributed by atoms with Crippen molar-refractivity contribution in [2.45, 2.75) is 66.4 Å². The average molecular weight is 349 g/mol. The molecule has 0 heterocycles. The second-order valence-electron chi connectivity index (χ2n) is 8.20. The lowest BCUT2D eigenvalue weighted by atomic mass is 9.71. The van der Waals surface area contributed by atoms with Gasteiger partial charge in [-0.15, -0.1) is 0 Å². The first-order chi connectivity index (χ1) is 11.5. The molecule has 0 saturated heterocycles. The van der Waals surface area contributed by atoms with E-state index in [0.29, 0.717) is 23.2 Å². The van der Waals surface area contributed by atoms with Gasteiger partial charge in [-0.25, -0.2) is 4.99 Å². The zero-order chi connectivity index (χ0) is 19.4. The Kier molecular flexibility index (Phi) is 7.61. The fourth-order valence-electron chi connectivity index (χ4n) is 3.32. The van der Waals surface area contributed by atoms with Crippen LogP contribution < -0.4 is 0 Å². The molecule has 4 nitrogen and oxygen atoms in total. The molecule has 142 valence electrons. The zero-order valence-corrected chi connectivity index (χ0v) is 17.0. The highest BCUT2D eigenvalue weighted by Gasteiger charge is 2.33. The SMILES string of the molecule is C=C(/C=N\C(=C/C)N(C)C(=O)C(C)C1CCC(C)C(C)C1)C(C)(C)O. The van der Waals surface area contributed by atoms with Gasteiger partial charge >= 0.3 is 0 Å². The molecule has 1 N–H and O–H groups in total. The molecule has 1 saturated carbocycles. The number of hydrogen-bond donors (Lipinski definition) is 1. The van der Waals surface area contributed by atoms with Crippen LogP contribution in [0.15, 0.2) is 29.0 Å². The number of carbonyl (C=O) groups is 1. The highest BCUT2D eigenvalue weighted by molar-refractivity contribution is 5.83. The van der Waals surface area contributed by atoms with Gasteiger partial charge in [-0.05, 0) is 63.0 Å². The van der Waals surface area contributed by atoms with Crippen LogP contribution in [0.25, 0.3) is 0 Å². The van der Waals surface area contributed by atoms with Crippen LogP contribution in [-0.2, 0) is 4.79 Å². The molecule has 1 rings (SSSR count). The molecule has 1 aliphatic carbocycles. The first-order valence-corrected chi connectivity index (χ1v) is 9.38. The van der Waals surface area contributed by atoms with Gasteiger partial charge in [0.2, 0.25) is 5.91 Å². The topological polar surface area (TPSA) is 52.9 Å². The molecule has 0 bridgehead atoms. The average Bonchev–Trinajstić information content (AvgIpc) is 2.55. The third-order valence-electron chi connectivity index (χ3n) is 5.81. The number of aliphatic imine (C=N–C) groups is 1. The van der Waals surface area contributed by atoms with Crippen LogP contribution in [0.3, 0.4) is 0 Å². The number of carbonyl (C=O) groups excluding carboxylic acids is 1. The number of nitrogens with zero attached hydrogens (tertiary/aromatic N) is 2. The van der Waals surface area contributed by atoms with E-state index in [0.717, 1.165) is 18.8 Å². The molecular formula is C21H36N2O2. The lowest BCUT2D eigenvalue weighted by Gasteiger charge is -2.36. The maximum absolute atomic E-state index is 12.9. The molecule has 1 aliphatic rings. The van der Waals surface area contributed by atoms with Crippen LogP contribution in [0.1, 0.15) is 60.8 Å². The molecule has 0 radical (unpaired) electrons. The van der Waals surface area contributed by atoms with Gasteiger partial charge in [0.05, 0.1) is 5.60 Å². The van der Waals surface area contributed by atoms with Crippen molar-refractivity contribution in [2.75, 3.05) is 7.05 Å². The van der Waals surface area contributed by atoms with Crippen LogP contribution in [-0.4, -0.2) is 34.8 Å². The smallest absolute Gasteiger partial charge is 0.230 e. The van der Waals surface area contributed by atoms with Crippen molar-refractivity contribution in [3.8, 4) is 0 Å². The Morgan fingerprint density at radius 1 is 1.32 bits per heavy atom. The zero-order valence-electron chi connectivity index (χ0n) is 17.0. The molecule has 4 unspecified atom stereocenters. The Morgan fingerprint density at radius 3 is 2.40 bits per heavy atom. The summed E-state index contributed by atoms with van der Waals surface area (Å²) in [5.41, 5.74) is -0.511. The standard InChI is InChI=1S/C21H36N2O2/c1-9-19(22-13-16(4)21(6,7)25)23(8)20(24)17(5)18-11-10-14(2)15(3)12-18/h9,13-15,17-18,25H,4,10-12H2,1-3,5-8H3/b19-9+,22-13-. The van der Waals surface area contributed by atoms with Crippen molar-refractivity contribution < 1.29 is 9.90 Å². The maximum atomic E-state index is 12.9. The lowest BCUT2D eigenvalue weighted by Crippen LogP contribution is -2.37. The van der Waals surface area contributed by atoms with Gasteiger partial charge < -0.3 is 10.0 Å². The van der Waals surface area contributed by atoms with E-state index in [2.05, 4.69) is 25.4 Å². The summed E-state index contributed by atoms with van der Waals surface area (Å²) in [6.45, 7) is 15.7. The monoisotopic (exact) mass is 348 g/mol. The Morgan fingerprint density at radius 2 is 1.92 bits per heavy atom. The molecule has 1 amide bonds. The van der Waals surface area contributed by atoms with E-state index in [-0.39, 0.29) is 11.8 Å². The first kappa shape index (κ1) is 21.6. The van der Waals surface area contributed by atoms with Gasteiger partial charge in [-0.2, -0.15) is 0 Å². The summed E-state index contributed by atoms with van der Waals surface area (Å²) in [5.74, 6) is 2.54. The quantitative estimate of drug-likeness (QED) is 0.723. The summed E-state index contributed by atoms with van der Waals surface area (Å²) in [5, 5.41) is 9.93. The van der Waals surface area contributed by atoms with Crippen molar-refractivity contribution in [1.29, 1.82) is 0 Å². The highest BCUT2D eigenvalue weighted by atomic mass is 16.3. The van der Waals surface area contributed by atoms with Crippen LogP contribution in [0.2, 0.25) is 0 Å². The highest BCUT2D eigenvalue weighted by Crippen LogP contribution is 2.37. The van der Waals surface area contributed by atoms with Crippen LogP contribution >= 0.6 is 0 Å². The second-order valence-corrected chi connectivity index (χ2v) is 8.20. The molecule has 25 heavy (non-hydrogen) atoms. The molecule has 4 heteroatoms. The molecule has 4 atom stereocenters. The van der Waals surface area contributed by atoms with E-state index in [1.54, 1.807) is 25.8 Å². The van der Waals surface area contributed by atoms with Gasteiger partial charge in [-0.1, -0.05) is 33.8 Å². The predicted octanol–water partition coefficient (Wildman–Crippen LogP) is 4.41. The van der Waals surface area contributed by atoms with E-state index in [9.17, 15) is 9.90 Å². The van der Waals surface area contributed by atoms with E-state index < -0.39 is 5.60 Å². The molecule has 0 aromatic heterocycles. The Balaban J connectivity index is 2.79. The number of aliphatic hydroxyl groups is 1. The van der Waals surface area contributed by atoms with Crippen molar-refractivity contribution in [2.24, 2.45) is 28.7 Å². The minimum atomic E-state index is -1.02. The Labute approximate surface area is 153 Å². The number of rotatable bonds is 6. The van der Waals surface area contributed by atoms with Gasteiger partial charge in [0.1, 0.15) is 5.82 Å². The number of allylic oxidation sites excluding steroid dienone is 1. The summed E-state index contributed by atoms with van der Waals surface area (Å²) in [6.07, 6.45) is 6.79. The Hall–Kier alpha value is -1.42. The van der Waals surface area contributed by atoms with Crippen LogP contribution in [0, 0.1) is 23.7 Å². The van der Waals surface area contributed by atoms with E-state index in [4.69, 9.17) is 0 Å². The fraction of sp³-hybridized carbons (Fsp3) is 0.714. The number of hydrogen-bond acceptors (Lipinski definition) is 3. The minimum absolute atomic E-state index is 0.0115. The molecule has 1 fully saturated rings. The Bertz CT molecular complexity index is 543. The molecule has 0 aromatic carbocycles. The van der Waals surface area contributed by atoms with Gasteiger partial charge in [0.15, 0.2) is 0 Å². The third-order valence-corrected chi connectivity index (χ3v) is 5.81. The molecule has 0 aliphatic heterocycles. The first-order valence-electron chi connectivity index (χ1n) is 9.38. The van der Waals surface area contributed by atoms with E-state index in [1.807, 2.05) is 19.9 Å². The summed E-state index contributed by atoms with van der Waals surface area (Å²) >= 11 is 0. The van der Waals surface area contributed by atoms with Crippen LogP contribution in [0.4, 0.5) is 0 Å². The van der Waals surface area contributed by atoms with Crippen molar-refractivity contribution in [3.63, 3.8) is 0 Å². The van der Waals surface area contributed by atoms with Crippen molar-refractivity contribution in [3.05, 3.63) is 24.0 Å². The predicted molar refractivity (Wildman–Crippen MR) is 105 cm³/mol. The largest absolute Gasteiger partial charge is 0.386 e.